The first-order valence-electron chi connectivity index (χ1n) is 13.9. The van der Waals surface area contributed by atoms with Gasteiger partial charge in [-0.25, -0.2) is 21.3 Å². The van der Waals surface area contributed by atoms with Crippen LogP contribution in [0.25, 0.3) is 11.2 Å². The number of anilines is 4. The highest BCUT2D eigenvalue weighted by Gasteiger charge is 2.15. The van der Waals surface area contributed by atoms with Crippen molar-refractivity contribution >= 4 is 58.4 Å². The largest absolute Gasteiger partial charge is 0.495 e. The Morgan fingerprint density at radius 1 is 0.979 bits per heavy atom. The van der Waals surface area contributed by atoms with Crippen molar-refractivity contribution in [2.24, 2.45) is 16.7 Å². The number of fused-ring (bicyclic) bond motifs is 1. The number of carbonyl (C=O) groups excluding carboxylic acids is 2. The predicted octanol–water partition coefficient (Wildman–Crippen LogP) is -0.488. The van der Waals surface area contributed by atoms with Gasteiger partial charge in [0.05, 0.1) is 36.8 Å². The van der Waals surface area contributed by atoms with Crippen molar-refractivity contribution in [1.82, 2.24) is 36.1 Å². The molecule has 0 aliphatic heterocycles. The number of hydrazine groups is 1. The van der Waals surface area contributed by atoms with Gasteiger partial charge in [0.1, 0.15) is 5.75 Å². The molecular formula is C28H36N14O5. The van der Waals surface area contributed by atoms with Crippen LogP contribution in [0.1, 0.15) is 44.8 Å². The molecule has 0 bridgehead atoms. The summed E-state index contributed by atoms with van der Waals surface area (Å²) in [5.74, 6) is 5.26. The lowest BCUT2D eigenvalue weighted by atomic mass is 10.0. The lowest BCUT2D eigenvalue weighted by molar-refractivity contribution is -0.122. The highest BCUT2D eigenvalue weighted by atomic mass is 16.5. The van der Waals surface area contributed by atoms with E-state index in [0.29, 0.717) is 83.1 Å². The second-order valence-corrected chi connectivity index (χ2v) is 9.52. The molecule has 2 aromatic carbocycles. The van der Waals surface area contributed by atoms with Crippen molar-refractivity contribution in [3.05, 3.63) is 65.0 Å². The third-order valence-corrected chi connectivity index (χ3v) is 6.35. The Balaban J connectivity index is 0.00000192. The van der Waals surface area contributed by atoms with Crippen molar-refractivity contribution in [1.29, 1.82) is 0 Å². The third-order valence-electron chi connectivity index (χ3n) is 6.35. The molecule has 0 fully saturated rings. The van der Waals surface area contributed by atoms with Gasteiger partial charge in [0.25, 0.3) is 18.3 Å². The molecule has 0 radical (unpaired) electrons. The standard InChI is InChI=1S/C27H34N14O3.CH2O2/c1-44-20-10-14(4-7-19(20)35-12-16-13-36-24-21(37-16)23(30)38-27(31)39-24)25(42)33-8-2-3-9-34-26(43)17-6-5-15(28)11-18(17)22(29)40-41-32;2-1-3/h4-7,10-11,13,35,41H,2-3,8-9,12,28,32H2,1H3,(H2,29,40)(H,33,42)(H,34,43)(H4,30,31,36,38,39);1H,(H,2,3). The number of hydrogen-bond acceptors (Lipinski definition) is 15. The molecule has 4 rings (SSSR count). The van der Waals surface area contributed by atoms with Crippen LogP contribution in [0.2, 0.25) is 0 Å². The lowest BCUT2D eigenvalue weighted by Crippen LogP contribution is -2.30. The molecule has 0 saturated carbocycles. The number of hydrogen-bond donors (Lipinski definition) is 10. The summed E-state index contributed by atoms with van der Waals surface area (Å²) in [4.78, 5) is 50.4. The number of hydrazone groups is 1. The summed E-state index contributed by atoms with van der Waals surface area (Å²) >= 11 is 0. The number of methoxy groups -OCH3 is 1. The number of carbonyl (C=O) groups is 3. The summed E-state index contributed by atoms with van der Waals surface area (Å²) in [6.07, 6.45) is 2.81. The van der Waals surface area contributed by atoms with Crippen LogP contribution < -0.4 is 55.0 Å². The number of unbranched alkanes of at least 4 members (excludes halogenated alkanes) is 1. The maximum absolute atomic E-state index is 12.7. The summed E-state index contributed by atoms with van der Waals surface area (Å²) in [5.41, 5.74) is 28.7. The summed E-state index contributed by atoms with van der Waals surface area (Å²) in [6.45, 7) is 0.843. The average molecular weight is 649 g/mol. The van der Waals surface area contributed by atoms with Gasteiger partial charge in [-0.3, -0.25) is 14.4 Å². The fourth-order valence-corrected chi connectivity index (χ4v) is 4.18. The van der Waals surface area contributed by atoms with E-state index < -0.39 is 0 Å². The lowest BCUT2D eigenvalue weighted by Gasteiger charge is -2.13. The van der Waals surface area contributed by atoms with E-state index in [1.165, 1.54) is 7.11 Å². The van der Waals surface area contributed by atoms with Gasteiger partial charge in [0.15, 0.2) is 22.8 Å². The number of carboxylic acid groups (broad SMARTS) is 1. The Bertz CT molecular complexity index is 1750. The normalized spacial score (nSPS) is 10.7. The summed E-state index contributed by atoms with van der Waals surface area (Å²) in [7, 11) is 1.51. The Morgan fingerprint density at radius 3 is 2.36 bits per heavy atom. The van der Waals surface area contributed by atoms with Crippen molar-refractivity contribution in [3.8, 4) is 5.75 Å². The number of amides is 2. The number of ether oxygens (including phenoxy) is 1. The van der Waals surface area contributed by atoms with Crippen LogP contribution in [0.15, 0.2) is 47.7 Å². The summed E-state index contributed by atoms with van der Waals surface area (Å²) < 4.78 is 5.48. The van der Waals surface area contributed by atoms with E-state index in [2.05, 4.69) is 46.5 Å². The zero-order valence-electron chi connectivity index (χ0n) is 25.4. The van der Waals surface area contributed by atoms with E-state index in [9.17, 15) is 9.59 Å². The number of aromatic nitrogens is 4. The van der Waals surface area contributed by atoms with Gasteiger partial charge in [-0.05, 0) is 49.2 Å². The third kappa shape index (κ3) is 9.74. The molecule has 47 heavy (non-hydrogen) atoms. The van der Waals surface area contributed by atoms with Gasteiger partial charge < -0.3 is 48.7 Å². The molecule has 0 unspecified atom stereocenters. The number of nitrogens with two attached hydrogens (primary N) is 5. The maximum atomic E-state index is 12.7. The SMILES string of the molecule is COc1cc(C(=O)NCCCCNC(=O)c2ccc(N)cc2/C(N)=N/NN)ccc1NCc1cnc2nc(N)nc(N)c2n1.O=CO. The van der Waals surface area contributed by atoms with Gasteiger partial charge in [0.2, 0.25) is 5.95 Å². The summed E-state index contributed by atoms with van der Waals surface area (Å²) in [6, 6.07) is 9.76. The molecule has 4 aromatic rings. The van der Waals surface area contributed by atoms with Gasteiger partial charge in [-0.15, -0.1) is 5.10 Å². The van der Waals surface area contributed by atoms with Crippen LogP contribution in [0.5, 0.6) is 5.75 Å². The maximum Gasteiger partial charge on any atom is 0.290 e. The number of benzene rings is 2. The molecule has 0 saturated heterocycles. The Kier molecular flexibility index (Phi) is 12.7. The minimum Gasteiger partial charge on any atom is -0.495 e. The van der Waals surface area contributed by atoms with Crippen LogP contribution in [0.4, 0.5) is 23.1 Å². The minimum absolute atomic E-state index is 0.0247. The predicted molar refractivity (Wildman–Crippen MR) is 176 cm³/mol. The van der Waals surface area contributed by atoms with Crippen LogP contribution in [0.3, 0.4) is 0 Å². The molecule has 0 aliphatic rings. The molecule has 248 valence electrons. The smallest absolute Gasteiger partial charge is 0.290 e. The molecule has 19 nitrogen and oxygen atoms in total. The summed E-state index contributed by atoms with van der Waals surface area (Å²) in [5, 5.41) is 19.5. The van der Waals surface area contributed by atoms with Crippen LogP contribution in [0, 0.1) is 0 Å². The van der Waals surface area contributed by atoms with E-state index in [1.807, 2.05) is 0 Å². The number of nitrogens with one attached hydrogen (secondary N) is 4. The second-order valence-electron chi connectivity index (χ2n) is 9.52. The quantitative estimate of drug-likeness (QED) is 0.0166. The van der Waals surface area contributed by atoms with Crippen molar-refractivity contribution in [3.63, 3.8) is 0 Å². The molecule has 2 amide bonds. The molecule has 0 aliphatic carbocycles. The molecule has 2 heterocycles. The van der Waals surface area contributed by atoms with E-state index in [1.54, 1.807) is 42.6 Å². The Morgan fingerprint density at radius 2 is 1.68 bits per heavy atom. The fraction of sp³-hybridized carbons (Fsp3) is 0.214. The van der Waals surface area contributed by atoms with Crippen LogP contribution in [-0.2, 0) is 11.3 Å². The molecule has 2 aromatic heterocycles. The van der Waals surface area contributed by atoms with Crippen molar-refractivity contribution in [2.45, 2.75) is 19.4 Å². The first-order valence-corrected chi connectivity index (χ1v) is 13.9. The van der Waals surface area contributed by atoms with E-state index in [0.717, 1.165) is 0 Å². The average Bonchev–Trinajstić information content (AvgIpc) is 3.05. The monoisotopic (exact) mass is 648 g/mol. The Labute approximate surface area is 268 Å². The van der Waals surface area contributed by atoms with Gasteiger partial charge in [-0.2, -0.15) is 9.97 Å². The number of rotatable bonds is 13. The first-order chi connectivity index (χ1) is 22.6. The molecular weight excluding hydrogens is 612 g/mol. The van der Waals surface area contributed by atoms with Crippen molar-refractivity contribution < 1.29 is 24.2 Å². The molecule has 19 heteroatoms. The topological polar surface area (TPSA) is 323 Å². The molecule has 0 atom stereocenters. The zero-order chi connectivity index (χ0) is 34.3. The van der Waals surface area contributed by atoms with E-state index in [-0.39, 0.29) is 35.9 Å². The van der Waals surface area contributed by atoms with Gasteiger partial charge in [0, 0.05) is 29.9 Å². The number of nitrogen functional groups attached to an aromatic ring is 3. The highest BCUT2D eigenvalue weighted by molar-refractivity contribution is 6.09. The fourth-order valence-electron chi connectivity index (χ4n) is 4.18. The van der Waals surface area contributed by atoms with Crippen molar-refractivity contribution in [2.75, 3.05) is 42.7 Å². The first kappa shape index (κ1) is 35.0. The molecule has 15 N–H and O–H groups in total. The Hall–Kier alpha value is -6.50. The van der Waals surface area contributed by atoms with Crippen LogP contribution >= 0.6 is 0 Å². The zero-order valence-corrected chi connectivity index (χ0v) is 25.4. The minimum atomic E-state index is -0.337. The number of nitrogens with zero attached hydrogens (tertiary/aromatic N) is 5. The van der Waals surface area contributed by atoms with Gasteiger partial charge >= 0.3 is 0 Å². The molecule has 0 spiro atoms. The van der Waals surface area contributed by atoms with Crippen LogP contribution in [-0.4, -0.2) is 69.4 Å². The second kappa shape index (κ2) is 17.1. The number of amidine groups is 1. The van der Waals surface area contributed by atoms with Gasteiger partial charge in [-0.1, -0.05) is 0 Å². The van der Waals surface area contributed by atoms with E-state index in [4.69, 9.17) is 43.4 Å². The van der Waals surface area contributed by atoms with E-state index >= 15 is 0 Å². The highest BCUT2D eigenvalue weighted by Crippen LogP contribution is 2.26.